The number of amides is 1. The molecule has 6 nitrogen and oxygen atoms in total. The molecule has 0 unspecified atom stereocenters. The van der Waals surface area contributed by atoms with Gasteiger partial charge in [0.1, 0.15) is 23.1 Å². The van der Waals surface area contributed by atoms with Gasteiger partial charge in [-0.1, -0.05) is 41.8 Å². The molecule has 0 saturated carbocycles. The summed E-state index contributed by atoms with van der Waals surface area (Å²) in [5, 5.41) is 2.87. The second kappa shape index (κ2) is 11.9. The zero-order chi connectivity index (χ0) is 25.7. The van der Waals surface area contributed by atoms with Crippen LogP contribution < -0.4 is 11.1 Å². The molecule has 4 rings (SSSR count). The second-order valence-corrected chi connectivity index (χ2v) is 9.90. The number of nitrogens with zero attached hydrogens (tertiary/aromatic N) is 2. The molecular formula is C27H29BrF2N4O2. The summed E-state index contributed by atoms with van der Waals surface area (Å²) in [5.74, 6) is -1.28. The number of hydrogen-bond acceptors (Lipinski definition) is 5. The second-order valence-electron chi connectivity index (χ2n) is 8.98. The fraction of sp³-hybridized carbons (Fsp3) is 0.370. The summed E-state index contributed by atoms with van der Waals surface area (Å²) in [7, 11) is 0. The number of benzene rings is 2. The molecule has 2 heterocycles. The summed E-state index contributed by atoms with van der Waals surface area (Å²) in [5.41, 5.74) is 8.20. The van der Waals surface area contributed by atoms with Gasteiger partial charge in [0.25, 0.3) is 5.91 Å². The van der Waals surface area contributed by atoms with Crippen LogP contribution in [0.4, 0.5) is 14.6 Å². The van der Waals surface area contributed by atoms with E-state index in [4.69, 9.17) is 10.5 Å². The molecule has 1 amide bonds. The van der Waals surface area contributed by atoms with E-state index in [2.05, 4.69) is 31.2 Å². The van der Waals surface area contributed by atoms with Crippen molar-refractivity contribution in [3.05, 3.63) is 75.5 Å². The molecule has 2 aromatic carbocycles. The van der Waals surface area contributed by atoms with Crippen molar-refractivity contribution in [2.45, 2.75) is 51.0 Å². The molecule has 1 aliphatic heterocycles. The van der Waals surface area contributed by atoms with E-state index in [1.165, 1.54) is 24.3 Å². The third-order valence-corrected chi connectivity index (χ3v) is 6.84. The van der Waals surface area contributed by atoms with Crippen LogP contribution >= 0.6 is 15.9 Å². The van der Waals surface area contributed by atoms with E-state index in [1.807, 2.05) is 6.92 Å². The van der Waals surface area contributed by atoms with Crippen LogP contribution in [0.5, 0.6) is 0 Å². The minimum absolute atomic E-state index is 0.108. The highest BCUT2D eigenvalue weighted by Gasteiger charge is 2.22. The predicted octanol–water partition coefficient (Wildman–Crippen LogP) is 6.32. The molecule has 1 aromatic heterocycles. The SMILES string of the molecule is CCCC[C@@H](NC(=O)c1ccc(-c2nc(C3CCOCC3)cnc2N)cc1F)c1cc(F)cc(Br)c1. The Labute approximate surface area is 217 Å². The van der Waals surface area contributed by atoms with Crippen molar-refractivity contribution in [3.8, 4) is 11.3 Å². The number of rotatable bonds is 8. The van der Waals surface area contributed by atoms with E-state index in [9.17, 15) is 9.18 Å². The van der Waals surface area contributed by atoms with Crippen LogP contribution in [0.1, 0.15) is 72.6 Å². The first-order valence-electron chi connectivity index (χ1n) is 12.1. The summed E-state index contributed by atoms with van der Waals surface area (Å²) in [4.78, 5) is 22.0. The topological polar surface area (TPSA) is 90.1 Å². The van der Waals surface area contributed by atoms with Crippen molar-refractivity contribution in [2.24, 2.45) is 0 Å². The van der Waals surface area contributed by atoms with Crippen molar-refractivity contribution < 1.29 is 18.3 Å². The number of ether oxygens (including phenoxy) is 1. The van der Waals surface area contributed by atoms with Crippen molar-refractivity contribution >= 4 is 27.7 Å². The monoisotopic (exact) mass is 558 g/mol. The molecule has 1 atom stereocenters. The number of halogens is 3. The molecule has 3 N–H and O–H groups in total. The van der Waals surface area contributed by atoms with Crippen molar-refractivity contribution in [1.29, 1.82) is 0 Å². The van der Waals surface area contributed by atoms with Crippen molar-refractivity contribution in [2.75, 3.05) is 18.9 Å². The Morgan fingerprint density at radius 1 is 1.22 bits per heavy atom. The smallest absolute Gasteiger partial charge is 0.254 e. The van der Waals surface area contributed by atoms with Gasteiger partial charge < -0.3 is 15.8 Å². The normalized spacial score (nSPS) is 15.0. The van der Waals surface area contributed by atoms with Gasteiger partial charge in [0.05, 0.1) is 23.5 Å². The minimum atomic E-state index is -0.697. The van der Waals surface area contributed by atoms with E-state index >= 15 is 4.39 Å². The summed E-state index contributed by atoms with van der Waals surface area (Å²) < 4.78 is 35.2. The highest BCUT2D eigenvalue weighted by atomic mass is 79.9. The minimum Gasteiger partial charge on any atom is -0.382 e. The number of nitrogens with one attached hydrogen (secondary N) is 1. The van der Waals surface area contributed by atoms with Crippen LogP contribution in [0.2, 0.25) is 0 Å². The number of unbranched alkanes of at least 4 members (excludes halogenated alkanes) is 1. The highest BCUT2D eigenvalue weighted by molar-refractivity contribution is 9.10. The molecule has 36 heavy (non-hydrogen) atoms. The van der Waals surface area contributed by atoms with E-state index in [0.717, 1.165) is 31.4 Å². The first kappa shape index (κ1) is 26.2. The summed E-state index contributed by atoms with van der Waals surface area (Å²) in [6, 6.07) is 8.33. The summed E-state index contributed by atoms with van der Waals surface area (Å²) in [6.45, 7) is 3.36. The highest BCUT2D eigenvalue weighted by Crippen LogP contribution is 2.30. The van der Waals surface area contributed by atoms with E-state index in [-0.39, 0.29) is 17.3 Å². The van der Waals surface area contributed by atoms with Crippen LogP contribution in [0.3, 0.4) is 0 Å². The fourth-order valence-electron chi connectivity index (χ4n) is 4.40. The molecule has 0 aliphatic carbocycles. The van der Waals surface area contributed by atoms with Gasteiger partial charge in [-0.2, -0.15) is 0 Å². The Balaban J connectivity index is 1.57. The summed E-state index contributed by atoms with van der Waals surface area (Å²) >= 11 is 3.30. The number of hydrogen-bond donors (Lipinski definition) is 2. The lowest BCUT2D eigenvalue weighted by atomic mass is 9.96. The standard InChI is InChI=1S/C27H29BrF2N4O2/c1-2-3-4-23(18-11-19(28)14-20(29)12-18)34-27(35)21-6-5-17(13-22(21)30)25-26(31)32-15-24(33-25)16-7-9-36-10-8-16/h5-6,11-16,23H,2-4,7-10H2,1H3,(H2,31,32)(H,34,35)/t23-/m1/s1. The van der Waals surface area contributed by atoms with Crippen LogP contribution in [0.15, 0.2) is 47.1 Å². The summed E-state index contributed by atoms with van der Waals surface area (Å²) in [6.07, 6.45) is 5.67. The first-order valence-corrected chi connectivity index (χ1v) is 12.9. The van der Waals surface area contributed by atoms with E-state index in [0.29, 0.717) is 40.9 Å². The number of aromatic nitrogens is 2. The van der Waals surface area contributed by atoms with Gasteiger partial charge in [0.2, 0.25) is 0 Å². The fourth-order valence-corrected chi connectivity index (χ4v) is 4.89. The maximum absolute atomic E-state index is 15.2. The van der Waals surface area contributed by atoms with Crippen molar-refractivity contribution in [1.82, 2.24) is 15.3 Å². The zero-order valence-corrected chi connectivity index (χ0v) is 21.7. The number of anilines is 1. The maximum Gasteiger partial charge on any atom is 0.254 e. The third kappa shape index (κ3) is 6.25. The molecule has 0 spiro atoms. The first-order chi connectivity index (χ1) is 17.4. The Kier molecular flexibility index (Phi) is 8.64. The average Bonchev–Trinajstić information content (AvgIpc) is 2.86. The van der Waals surface area contributed by atoms with Crippen LogP contribution in [0.25, 0.3) is 11.3 Å². The number of carbonyl (C=O) groups is 1. The van der Waals surface area contributed by atoms with Gasteiger partial charge in [-0.05, 0) is 55.2 Å². The molecule has 9 heteroatoms. The van der Waals surface area contributed by atoms with Gasteiger partial charge in [-0.25, -0.2) is 18.7 Å². The van der Waals surface area contributed by atoms with Crippen LogP contribution in [-0.2, 0) is 4.74 Å². The molecule has 190 valence electrons. The average molecular weight is 559 g/mol. The van der Waals surface area contributed by atoms with Crippen LogP contribution in [-0.4, -0.2) is 29.1 Å². The molecular weight excluding hydrogens is 530 g/mol. The Hall–Kier alpha value is -2.91. The van der Waals surface area contributed by atoms with Gasteiger partial charge >= 0.3 is 0 Å². The van der Waals surface area contributed by atoms with E-state index in [1.54, 1.807) is 18.3 Å². The van der Waals surface area contributed by atoms with Gasteiger partial charge in [-0.3, -0.25) is 4.79 Å². The molecule has 3 aromatic rings. The van der Waals surface area contributed by atoms with E-state index < -0.39 is 23.6 Å². The Bertz CT molecular complexity index is 1210. The predicted molar refractivity (Wildman–Crippen MR) is 138 cm³/mol. The number of carbonyl (C=O) groups excluding carboxylic acids is 1. The molecule has 0 bridgehead atoms. The van der Waals surface area contributed by atoms with Crippen molar-refractivity contribution in [3.63, 3.8) is 0 Å². The largest absolute Gasteiger partial charge is 0.382 e. The van der Waals surface area contributed by atoms with Gasteiger partial charge in [-0.15, -0.1) is 0 Å². The zero-order valence-electron chi connectivity index (χ0n) is 20.1. The molecule has 1 fully saturated rings. The molecule has 1 aliphatic rings. The maximum atomic E-state index is 15.2. The van der Waals surface area contributed by atoms with Crippen LogP contribution in [0, 0.1) is 11.6 Å². The van der Waals surface area contributed by atoms with Gasteiger partial charge in [0.15, 0.2) is 0 Å². The Morgan fingerprint density at radius 2 is 2.00 bits per heavy atom. The quantitative estimate of drug-likeness (QED) is 0.337. The Morgan fingerprint density at radius 3 is 2.69 bits per heavy atom. The molecule has 1 saturated heterocycles. The number of nitrogen functional groups attached to an aromatic ring is 1. The molecule has 0 radical (unpaired) electrons. The lowest BCUT2D eigenvalue weighted by Gasteiger charge is -2.22. The third-order valence-electron chi connectivity index (χ3n) is 6.39. The lowest BCUT2D eigenvalue weighted by molar-refractivity contribution is 0.0844. The van der Waals surface area contributed by atoms with Gasteiger partial charge in [0, 0.05) is 29.2 Å². The lowest BCUT2D eigenvalue weighted by Crippen LogP contribution is -2.29. The number of nitrogens with two attached hydrogens (primary N) is 1.